The van der Waals surface area contributed by atoms with E-state index in [9.17, 15) is 4.79 Å². The number of amides is 1. The molecule has 0 spiro atoms. The van der Waals surface area contributed by atoms with Gasteiger partial charge < -0.3 is 10.2 Å². The average molecular weight is 196 g/mol. The number of hydrogen-bond acceptors (Lipinski definition) is 2. The smallest absolute Gasteiger partial charge is 0.220 e. The van der Waals surface area contributed by atoms with Crippen LogP contribution in [0.2, 0.25) is 0 Å². The van der Waals surface area contributed by atoms with Gasteiger partial charge in [-0.1, -0.05) is 6.92 Å². The Balaban J connectivity index is 1.83. The van der Waals surface area contributed by atoms with Gasteiger partial charge in [0.1, 0.15) is 0 Å². The van der Waals surface area contributed by atoms with Crippen molar-refractivity contribution in [1.29, 1.82) is 0 Å². The average Bonchev–Trinajstić information content (AvgIpc) is 2.19. The molecule has 3 aliphatic heterocycles. The van der Waals surface area contributed by atoms with Crippen LogP contribution < -0.4 is 5.32 Å². The van der Waals surface area contributed by atoms with Gasteiger partial charge in [-0.25, -0.2) is 0 Å². The van der Waals surface area contributed by atoms with Gasteiger partial charge in [0.2, 0.25) is 5.91 Å². The third kappa shape index (κ3) is 2.08. The maximum absolute atomic E-state index is 11.5. The summed E-state index contributed by atoms with van der Waals surface area (Å²) in [5.41, 5.74) is 0. The molecule has 0 aromatic rings. The maximum atomic E-state index is 11.5. The number of carbonyl (C=O) groups excluding carboxylic acids is 1. The summed E-state index contributed by atoms with van der Waals surface area (Å²) < 4.78 is 0. The largest absolute Gasteiger partial charge is 0.352 e. The molecule has 0 radical (unpaired) electrons. The maximum Gasteiger partial charge on any atom is 0.220 e. The first kappa shape index (κ1) is 9.97. The predicted octanol–water partition coefficient (Wildman–Crippen LogP) is 0.997. The van der Waals surface area contributed by atoms with E-state index in [-0.39, 0.29) is 5.91 Å². The third-order valence-corrected chi connectivity index (χ3v) is 3.48. The third-order valence-electron chi connectivity index (χ3n) is 3.48. The minimum atomic E-state index is 0.242. The fraction of sp³-hybridized carbons (Fsp3) is 0.909. The number of piperidine rings is 3. The normalized spacial score (nSPS) is 35.6. The molecule has 80 valence electrons. The van der Waals surface area contributed by atoms with E-state index < -0.39 is 0 Å². The van der Waals surface area contributed by atoms with Crippen molar-refractivity contribution in [3.8, 4) is 0 Å². The second-order valence-corrected chi connectivity index (χ2v) is 4.56. The lowest BCUT2D eigenvalue weighted by atomic mass is 9.84. The van der Waals surface area contributed by atoms with E-state index in [2.05, 4.69) is 17.1 Å². The molecule has 0 aromatic carbocycles. The van der Waals surface area contributed by atoms with Crippen molar-refractivity contribution < 1.29 is 4.79 Å². The molecule has 3 aliphatic rings. The van der Waals surface area contributed by atoms with Gasteiger partial charge in [0.15, 0.2) is 0 Å². The lowest BCUT2D eigenvalue weighted by Gasteiger charge is -2.44. The first-order valence-electron chi connectivity index (χ1n) is 5.81. The van der Waals surface area contributed by atoms with E-state index in [0.29, 0.717) is 12.5 Å². The highest BCUT2D eigenvalue weighted by atomic mass is 16.1. The molecule has 0 saturated carbocycles. The minimum Gasteiger partial charge on any atom is -0.352 e. The molecule has 3 rings (SSSR count). The number of carbonyl (C=O) groups is 1. The molecule has 1 atom stereocenters. The molecule has 3 heteroatoms. The first-order valence-corrected chi connectivity index (χ1v) is 5.81. The Bertz CT molecular complexity index is 209. The van der Waals surface area contributed by atoms with Crippen molar-refractivity contribution in [2.24, 2.45) is 5.92 Å². The van der Waals surface area contributed by atoms with Crippen LogP contribution in [0.1, 0.15) is 32.6 Å². The summed E-state index contributed by atoms with van der Waals surface area (Å²) >= 11 is 0. The summed E-state index contributed by atoms with van der Waals surface area (Å²) in [4.78, 5) is 13.9. The van der Waals surface area contributed by atoms with Gasteiger partial charge in [0, 0.05) is 19.0 Å². The lowest BCUT2D eigenvalue weighted by molar-refractivity contribution is -0.123. The molecule has 3 nitrogen and oxygen atoms in total. The Morgan fingerprint density at radius 3 is 2.64 bits per heavy atom. The second kappa shape index (κ2) is 4.30. The Morgan fingerprint density at radius 2 is 2.14 bits per heavy atom. The monoisotopic (exact) mass is 196 g/mol. The van der Waals surface area contributed by atoms with Gasteiger partial charge in [-0.15, -0.1) is 0 Å². The Morgan fingerprint density at radius 1 is 1.43 bits per heavy atom. The SMILES string of the molecule is CCCC(=O)NC1CN2CCC1CC2. The molecule has 0 aliphatic carbocycles. The Hall–Kier alpha value is -0.570. The van der Waals surface area contributed by atoms with Crippen LogP contribution in [-0.4, -0.2) is 36.5 Å². The molecule has 0 aromatic heterocycles. The Labute approximate surface area is 85.8 Å². The zero-order valence-electron chi connectivity index (χ0n) is 8.96. The fourth-order valence-corrected chi connectivity index (χ4v) is 2.63. The van der Waals surface area contributed by atoms with Crippen molar-refractivity contribution >= 4 is 5.91 Å². The second-order valence-electron chi connectivity index (χ2n) is 4.56. The molecule has 3 heterocycles. The molecule has 2 bridgehead atoms. The van der Waals surface area contributed by atoms with Crippen LogP contribution >= 0.6 is 0 Å². The standard InChI is InChI=1S/C11H20N2O/c1-2-3-11(14)12-10-8-13-6-4-9(10)5-7-13/h9-10H,2-8H2,1H3,(H,12,14). The molecular weight excluding hydrogens is 176 g/mol. The highest BCUT2D eigenvalue weighted by Crippen LogP contribution is 2.27. The van der Waals surface area contributed by atoms with Crippen molar-refractivity contribution in [3.63, 3.8) is 0 Å². The number of nitrogens with one attached hydrogen (secondary N) is 1. The van der Waals surface area contributed by atoms with E-state index in [1.165, 1.54) is 25.9 Å². The van der Waals surface area contributed by atoms with E-state index in [0.717, 1.165) is 18.9 Å². The summed E-state index contributed by atoms with van der Waals surface area (Å²) in [6.07, 6.45) is 4.18. The number of rotatable bonds is 3. The highest BCUT2D eigenvalue weighted by molar-refractivity contribution is 5.76. The summed E-state index contributed by atoms with van der Waals surface area (Å²) in [6, 6.07) is 0.441. The summed E-state index contributed by atoms with van der Waals surface area (Å²) in [7, 11) is 0. The number of hydrogen-bond donors (Lipinski definition) is 1. The van der Waals surface area contributed by atoms with E-state index in [1.807, 2.05) is 0 Å². The summed E-state index contributed by atoms with van der Waals surface area (Å²) in [5, 5.41) is 3.17. The van der Waals surface area contributed by atoms with Crippen molar-refractivity contribution in [2.45, 2.75) is 38.6 Å². The van der Waals surface area contributed by atoms with Crippen LogP contribution in [0.3, 0.4) is 0 Å². The van der Waals surface area contributed by atoms with E-state index in [4.69, 9.17) is 0 Å². The van der Waals surface area contributed by atoms with Crippen LogP contribution in [-0.2, 0) is 4.79 Å². The fourth-order valence-electron chi connectivity index (χ4n) is 2.63. The van der Waals surface area contributed by atoms with Crippen molar-refractivity contribution in [1.82, 2.24) is 10.2 Å². The molecule has 1 unspecified atom stereocenters. The van der Waals surface area contributed by atoms with Crippen LogP contribution in [0.25, 0.3) is 0 Å². The minimum absolute atomic E-state index is 0.242. The van der Waals surface area contributed by atoms with Gasteiger partial charge in [-0.05, 0) is 38.3 Å². The topological polar surface area (TPSA) is 32.3 Å². The highest BCUT2D eigenvalue weighted by Gasteiger charge is 2.34. The first-order chi connectivity index (χ1) is 6.79. The van der Waals surface area contributed by atoms with Crippen LogP contribution in [0, 0.1) is 5.92 Å². The molecule has 1 N–H and O–H groups in total. The van der Waals surface area contributed by atoms with Crippen molar-refractivity contribution in [3.05, 3.63) is 0 Å². The van der Waals surface area contributed by atoms with Gasteiger partial charge in [0.05, 0.1) is 0 Å². The van der Waals surface area contributed by atoms with Gasteiger partial charge >= 0.3 is 0 Å². The molecule has 14 heavy (non-hydrogen) atoms. The Kier molecular flexibility index (Phi) is 3.06. The van der Waals surface area contributed by atoms with Crippen LogP contribution in [0.4, 0.5) is 0 Å². The zero-order valence-corrected chi connectivity index (χ0v) is 8.96. The van der Waals surface area contributed by atoms with E-state index in [1.54, 1.807) is 0 Å². The summed E-state index contributed by atoms with van der Waals surface area (Å²) in [5.74, 6) is 0.993. The quantitative estimate of drug-likeness (QED) is 0.730. The lowest BCUT2D eigenvalue weighted by Crippen LogP contribution is -2.57. The van der Waals surface area contributed by atoms with Gasteiger partial charge in [0.25, 0.3) is 0 Å². The van der Waals surface area contributed by atoms with Gasteiger partial charge in [-0.2, -0.15) is 0 Å². The predicted molar refractivity (Wildman–Crippen MR) is 56.0 cm³/mol. The molecule has 3 fully saturated rings. The zero-order chi connectivity index (χ0) is 9.97. The van der Waals surface area contributed by atoms with Crippen LogP contribution in [0.15, 0.2) is 0 Å². The van der Waals surface area contributed by atoms with E-state index >= 15 is 0 Å². The molecular formula is C11H20N2O. The molecule has 3 saturated heterocycles. The number of fused-ring (bicyclic) bond motifs is 3. The summed E-state index contributed by atoms with van der Waals surface area (Å²) in [6.45, 7) is 5.62. The molecule has 1 amide bonds. The van der Waals surface area contributed by atoms with Crippen molar-refractivity contribution in [2.75, 3.05) is 19.6 Å². The number of nitrogens with zero attached hydrogens (tertiary/aromatic N) is 1. The van der Waals surface area contributed by atoms with Gasteiger partial charge in [-0.3, -0.25) is 4.79 Å². The van der Waals surface area contributed by atoms with Crippen LogP contribution in [0.5, 0.6) is 0 Å².